The molecule has 0 radical (unpaired) electrons. The molecule has 0 aromatic heterocycles. The topological polar surface area (TPSA) is 92.5 Å². The number of carbonyl (C=O) groups is 1. The van der Waals surface area contributed by atoms with Crippen LogP contribution in [0.3, 0.4) is 0 Å². The van der Waals surface area contributed by atoms with Crippen molar-refractivity contribution in [2.45, 2.75) is 11.4 Å². The first-order valence-electron chi connectivity index (χ1n) is 5.03. The van der Waals surface area contributed by atoms with Crippen LogP contribution < -0.4 is 5.32 Å². The maximum Gasteiger partial charge on any atom is 0.321 e. The third kappa shape index (κ3) is 2.58. The van der Waals surface area contributed by atoms with E-state index in [-0.39, 0.29) is 11.1 Å². The Morgan fingerprint density at radius 1 is 1.61 bits per heavy atom. The van der Waals surface area contributed by atoms with Gasteiger partial charge in [-0.05, 0) is 6.07 Å². The number of halogens is 1. The number of nitro groups is 1. The summed E-state index contributed by atoms with van der Waals surface area (Å²) in [7, 11) is 0. The van der Waals surface area contributed by atoms with E-state index in [0.717, 1.165) is 0 Å². The molecule has 0 amide bonds. The van der Waals surface area contributed by atoms with Crippen LogP contribution in [0.5, 0.6) is 0 Å². The minimum Gasteiger partial charge on any atom is -0.480 e. The van der Waals surface area contributed by atoms with E-state index in [4.69, 9.17) is 16.7 Å². The second-order valence-corrected chi connectivity index (χ2v) is 5.28. The van der Waals surface area contributed by atoms with Crippen molar-refractivity contribution in [3.05, 3.63) is 38.9 Å². The molecule has 1 aromatic carbocycles. The van der Waals surface area contributed by atoms with Crippen LogP contribution >= 0.6 is 23.4 Å². The van der Waals surface area contributed by atoms with Gasteiger partial charge in [-0.15, -0.1) is 11.8 Å². The number of nitrogens with one attached hydrogen (secondary N) is 1. The Morgan fingerprint density at radius 3 is 2.89 bits per heavy atom. The molecule has 8 heteroatoms. The predicted molar refractivity (Wildman–Crippen MR) is 67.9 cm³/mol. The summed E-state index contributed by atoms with van der Waals surface area (Å²) in [6.07, 6.45) is 0. The summed E-state index contributed by atoms with van der Waals surface area (Å²) in [6, 6.07) is 3.48. The number of nitro benzene ring substituents is 1. The molecule has 0 bridgehead atoms. The number of hydrogen-bond donors (Lipinski definition) is 2. The molecule has 2 N–H and O–H groups in total. The lowest BCUT2D eigenvalue weighted by molar-refractivity contribution is -0.384. The van der Waals surface area contributed by atoms with E-state index in [1.165, 1.54) is 30.0 Å². The number of rotatable bonds is 3. The first kappa shape index (κ1) is 13.1. The normalized spacial score (nSPS) is 22.9. The summed E-state index contributed by atoms with van der Waals surface area (Å²) in [6.45, 7) is 0. The predicted octanol–water partition coefficient (Wildman–Crippen LogP) is 2.04. The first-order valence-corrected chi connectivity index (χ1v) is 6.46. The number of nitrogens with zero attached hydrogens (tertiary/aromatic N) is 1. The van der Waals surface area contributed by atoms with Crippen molar-refractivity contribution >= 4 is 35.0 Å². The molecule has 2 rings (SSSR count). The van der Waals surface area contributed by atoms with Gasteiger partial charge >= 0.3 is 5.97 Å². The molecule has 2 unspecified atom stereocenters. The van der Waals surface area contributed by atoms with E-state index in [1.54, 1.807) is 0 Å². The molecule has 0 aliphatic carbocycles. The lowest BCUT2D eigenvalue weighted by Crippen LogP contribution is -2.33. The van der Waals surface area contributed by atoms with Gasteiger partial charge in [0.15, 0.2) is 0 Å². The van der Waals surface area contributed by atoms with Crippen LogP contribution in [0.15, 0.2) is 18.2 Å². The molecule has 0 spiro atoms. The van der Waals surface area contributed by atoms with Crippen molar-refractivity contribution in [3.63, 3.8) is 0 Å². The summed E-state index contributed by atoms with van der Waals surface area (Å²) >= 11 is 7.35. The summed E-state index contributed by atoms with van der Waals surface area (Å²) in [5, 5.41) is 22.5. The maximum absolute atomic E-state index is 10.8. The van der Waals surface area contributed by atoms with E-state index in [0.29, 0.717) is 16.3 Å². The van der Waals surface area contributed by atoms with Crippen LogP contribution in [0.1, 0.15) is 10.9 Å². The Balaban J connectivity index is 2.26. The SMILES string of the molecule is O=C(O)C1CSC(c2cc([N+](=O)[O-])ccc2Cl)N1. The third-order valence-electron chi connectivity index (χ3n) is 2.55. The number of benzene rings is 1. The number of carboxylic acid groups (broad SMARTS) is 1. The molecule has 1 aliphatic heterocycles. The summed E-state index contributed by atoms with van der Waals surface area (Å²) in [5.41, 5.74) is 0.482. The van der Waals surface area contributed by atoms with Gasteiger partial charge < -0.3 is 5.11 Å². The van der Waals surface area contributed by atoms with Gasteiger partial charge in [-0.1, -0.05) is 11.6 Å². The van der Waals surface area contributed by atoms with Crippen LogP contribution in [-0.4, -0.2) is 27.8 Å². The van der Waals surface area contributed by atoms with Crippen molar-refractivity contribution < 1.29 is 14.8 Å². The molecular formula is C10H9ClN2O4S. The summed E-state index contributed by atoms with van der Waals surface area (Å²) < 4.78 is 0. The van der Waals surface area contributed by atoms with E-state index >= 15 is 0 Å². The number of carboxylic acids is 1. The molecular weight excluding hydrogens is 280 g/mol. The van der Waals surface area contributed by atoms with Crippen molar-refractivity contribution in [2.24, 2.45) is 0 Å². The Kier molecular flexibility index (Phi) is 3.74. The van der Waals surface area contributed by atoms with Gasteiger partial charge in [-0.3, -0.25) is 20.2 Å². The quantitative estimate of drug-likeness (QED) is 0.653. The van der Waals surface area contributed by atoms with Gasteiger partial charge in [0, 0.05) is 28.5 Å². The van der Waals surface area contributed by atoms with Crippen LogP contribution in [-0.2, 0) is 4.79 Å². The Bertz CT molecular complexity index is 511. The fraction of sp³-hybridized carbons (Fsp3) is 0.300. The Hall–Kier alpha value is -1.31. The molecule has 1 heterocycles. The number of aliphatic carboxylic acids is 1. The van der Waals surface area contributed by atoms with Crippen LogP contribution in [0.25, 0.3) is 0 Å². The van der Waals surface area contributed by atoms with Crippen molar-refractivity contribution in [2.75, 3.05) is 5.75 Å². The van der Waals surface area contributed by atoms with E-state index in [1.807, 2.05) is 0 Å². The molecule has 1 saturated heterocycles. The highest BCUT2D eigenvalue weighted by atomic mass is 35.5. The second-order valence-electron chi connectivity index (χ2n) is 3.73. The van der Waals surface area contributed by atoms with E-state index in [9.17, 15) is 14.9 Å². The molecule has 1 aromatic rings. The number of non-ortho nitro benzene ring substituents is 1. The lowest BCUT2D eigenvalue weighted by Gasteiger charge is -2.12. The zero-order valence-electron chi connectivity index (χ0n) is 9.00. The first-order chi connectivity index (χ1) is 8.49. The van der Waals surface area contributed by atoms with Crippen LogP contribution in [0, 0.1) is 10.1 Å². The maximum atomic E-state index is 10.8. The van der Waals surface area contributed by atoms with Gasteiger partial charge in [-0.2, -0.15) is 0 Å². The van der Waals surface area contributed by atoms with E-state index in [2.05, 4.69) is 5.32 Å². The highest BCUT2D eigenvalue weighted by Crippen LogP contribution is 2.38. The minimum atomic E-state index is -0.938. The van der Waals surface area contributed by atoms with E-state index < -0.39 is 16.9 Å². The third-order valence-corrected chi connectivity index (χ3v) is 4.15. The molecule has 18 heavy (non-hydrogen) atoms. The van der Waals surface area contributed by atoms with Crippen molar-refractivity contribution in [3.8, 4) is 0 Å². The average molecular weight is 289 g/mol. The van der Waals surface area contributed by atoms with Gasteiger partial charge in [0.1, 0.15) is 6.04 Å². The highest BCUT2D eigenvalue weighted by Gasteiger charge is 2.32. The largest absolute Gasteiger partial charge is 0.480 e. The van der Waals surface area contributed by atoms with Gasteiger partial charge in [0.05, 0.1) is 10.3 Å². The average Bonchev–Trinajstić information content (AvgIpc) is 2.78. The second kappa shape index (κ2) is 5.13. The van der Waals surface area contributed by atoms with Gasteiger partial charge in [0.2, 0.25) is 0 Å². The summed E-state index contributed by atoms with van der Waals surface area (Å²) in [5.74, 6) is -0.537. The molecule has 6 nitrogen and oxygen atoms in total. The van der Waals surface area contributed by atoms with Crippen LogP contribution in [0.2, 0.25) is 5.02 Å². The van der Waals surface area contributed by atoms with Crippen molar-refractivity contribution in [1.82, 2.24) is 5.32 Å². The van der Waals surface area contributed by atoms with Gasteiger partial charge in [-0.25, -0.2) is 0 Å². The number of hydrogen-bond acceptors (Lipinski definition) is 5. The molecule has 1 fully saturated rings. The number of thioether (sulfide) groups is 1. The molecule has 0 saturated carbocycles. The zero-order chi connectivity index (χ0) is 13.3. The fourth-order valence-corrected chi connectivity index (χ4v) is 3.19. The molecule has 2 atom stereocenters. The summed E-state index contributed by atoms with van der Waals surface area (Å²) in [4.78, 5) is 21.0. The lowest BCUT2D eigenvalue weighted by atomic mass is 10.2. The minimum absolute atomic E-state index is 0.0597. The fourth-order valence-electron chi connectivity index (χ4n) is 1.64. The van der Waals surface area contributed by atoms with Gasteiger partial charge in [0.25, 0.3) is 5.69 Å². The van der Waals surface area contributed by atoms with Crippen molar-refractivity contribution in [1.29, 1.82) is 0 Å². The monoisotopic (exact) mass is 288 g/mol. The smallest absolute Gasteiger partial charge is 0.321 e. The van der Waals surface area contributed by atoms with Crippen LogP contribution in [0.4, 0.5) is 5.69 Å². The zero-order valence-corrected chi connectivity index (χ0v) is 10.6. The highest BCUT2D eigenvalue weighted by molar-refractivity contribution is 7.99. The molecule has 1 aliphatic rings. The standard InChI is InChI=1S/C10H9ClN2O4S/c11-7-2-1-5(13(16)17)3-6(7)9-12-8(4-18-9)10(14)15/h1-3,8-9,12H,4H2,(H,14,15). The Morgan fingerprint density at radius 2 is 2.33 bits per heavy atom. The Labute approximate surface area is 111 Å². The molecule has 96 valence electrons.